The van der Waals surface area contributed by atoms with Gasteiger partial charge in [-0.1, -0.05) is 35.4 Å². The molecule has 4 heteroatoms. The Labute approximate surface area is 119 Å². The second-order valence-electron chi connectivity index (χ2n) is 4.81. The number of aryl methyl sites for hydroxylation is 2. The summed E-state index contributed by atoms with van der Waals surface area (Å²) in [6.07, 6.45) is 0. The highest BCUT2D eigenvalue weighted by Crippen LogP contribution is 2.44. The lowest BCUT2D eigenvalue weighted by atomic mass is 10.2. The van der Waals surface area contributed by atoms with Gasteiger partial charge in [-0.3, -0.25) is 9.36 Å². The summed E-state index contributed by atoms with van der Waals surface area (Å²) in [5, 5.41) is 1.06. The van der Waals surface area contributed by atoms with Crippen molar-refractivity contribution in [2.24, 2.45) is 0 Å². The molecule has 2 aromatic carbocycles. The fraction of sp³-hybridized carbons (Fsp3) is 0.188. The summed E-state index contributed by atoms with van der Waals surface area (Å²) in [6, 6.07) is 14.4. The van der Waals surface area contributed by atoms with Gasteiger partial charge in [0.1, 0.15) is 0 Å². The third kappa shape index (κ3) is 3.00. The van der Waals surface area contributed by atoms with Gasteiger partial charge in [-0.15, -0.1) is 0 Å². The van der Waals surface area contributed by atoms with Crippen LogP contribution >= 0.6 is 7.37 Å². The van der Waals surface area contributed by atoms with E-state index < -0.39 is 13.3 Å². The zero-order valence-corrected chi connectivity index (χ0v) is 12.7. The lowest BCUT2D eigenvalue weighted by Crippen LogP contribution is -2.20. The van der Waals surface area contributed by atoms with Gasteiger partial charge in [0.05, 0.1) is 10.6 Å². The predicted molar refractivity (Wildman–Crippen MR) is 81.0 cm³/mol. The second-order valence-corrected chi connectivity index (χ2v) is 7.12. The quantitative estimate of drug-likeness (QED) is 0.815. The normalized spacial score (nSPS) is 11.2. The highest BCUT2D eigenvalue weighted by molar-refractivity contribution is 7.74. The number of benzene rings is 2. The molecule has 0 amide bonds. The molecular weight excluding hydrogens is 271 g/mol. The number of rotatable bonds is 3. The van der Waals surface area contributed by atoms with Gasteiger partial charge in [0.25, 0.3) is 0 Å². The molecule has 0 spiro atoms. The number of carbonyl (C=O) groups excluding carboxylic acids is 1. The molecule has 2 rings (SSSR count). The van der Waals surface area contributed by atoms with E-state index in [0.29, 0.717) is 10.6 Å². The topological polar surface area (TPSA) is 43.4 Å². The molecule has 0 unspecified atom stereocenters. The van der Waals surface area contributed by atoms with Gasteiger partial charge in [0, 0.05) is 6.92 Å². The van der Waals surface area contributed by atoms with Crippen molar-refractivity contribution < 1.29 is 13.9 Å². The summed E-state index contributed by atoms with van der Waals surface area (Å²) in [7, 11) is -3.37. The number of carbonyl (C=O) groups is 1. The van der Waals surface area contributed by atoms with Crippen molar-refractivity contribution in [2.45, 2.75) is 20.8 Å². The van der Waals surface area contributed by atoms with E-state index in [1.807, 2.05) is 38.1 Å². The van der Waals surface area contributed by atoms with E-state index in [1.54, 1.807) is 24.3 Å². The van der Waals surface area contributed by atoms with Crippen molar-refractivity contribution in [3.8, 4) is 0 Å². The molecular formula is C16H17O3P. The predicted octanol–water partition coefficient (Wildman–Crippen LogP) is 3.10. The largest absolute Gasteiger partial charge is 0.405 e. The molecule has 0 fully saturated rings. The number of hydrogen-bond acceptors (Lipinski definition) is 3. The SMILES string of the molecule is CC(=O)OP(=O)(c1ccc(C)cc1)c1ccc(C)cc1. The first-order valence-corrected chi connectivity index (χ1v) is 7.99. The zero-order valence-electron chi connectivity index (χ0n) is 11.8. The fourth-order valence-corrected chi connectivity index (χ4v) is 3.87. The maximum atomic E-state index is 13.2. The Kier molecular flexibility index (Phi) is 4.10. The number of hydrogen-bond donors (Lipinski definition) is 0. The van der Waals surface area contributed by atoms with Crippen LogP contribution in [0.5, 0.6) is 0 Å². The standard InChI is InChI=1S/C16H17O3P/c1-12-4-8-15(9-5-12)20(18,19-14(3)17)16-10-6-13(2)7-11-16/h4-11H,1-3H3. The van der Waals surface area contributed by atoms with E-state index >= 15 is 0 Å². The first kappa shape index (κ1) is 14.5. The Bertz CT molecular complexity index is 608. The van der Waals surface area contributed by atoms with Gasteiger partial charge in [-0.25, -0.2) is 0 Å². The van der Waals surface area contributed by atoms with Crippen molar-refractivity contribution >= 4 is 23.9 Å². The van der Waals surface area contributed by atoms with Crippen LogP contribution in [0.4, 0.5) is 0 Å². The monoisotopic (exact) mass is 288 g/mol. The molecule has 20 heavy (non-hydrogen) atoms. The van der Waals surface area contributed by atoms with Gasteiger partial charge in [-0.05, 0) is 38.1 Å². The van der Waals surface area contributed by atoms with E-state index in [4.69, 9.17) is 4.52 Å². The molecule has 0 aliphatic rings. The van der Waals surface area contributed by atoms with Gasteiger partial charge in [0.15, 0.2) is 0 Å². The molecule has 3 nitrogen and oxygen atoms in total. The van der Waals surface area contributed by atoms with E-state index in [1.165, 1.54) is 6.92 Å². The molecule has 0 saturated heterocycles. The van der Waals surface area contributed by atoms with Crippen molar-refractivity contribution in [1.29, 1.82) is 0 Å². The summed E-state index contributed by atoms with van der Waals surface area (Å²) >= 11 is 0. The molecule has 2 aromatic rings. The van der Waals surface area contributed by atoms with Gasteiger partial charge in [0.2, 0.25) is 0 Å². The third-order valence-corrected chi connectivity index (χ3v) is 5.48. The van der Waals surface area contributed by atoms with Crippen LogP contribution in [-0.4, -0.2) is 5.97 Å². The summed E-state index contributed by atoms with van der Waals surface area (Å²) in [4.78, 5) is 11.3. The molecule has 0 atom stereocenters. The van der Waals surface area contributed by atoms with Crippen LogP contribution in [-0.2, 0) is 13.9 Å². The van der Waals surface area contributed by atoms with Crippen molar-refractivity contribution in [1.82, 2.24) is 0 Å². The van der Waals surface area contributed by atoms with Gasteiger partial charge >= 0.3 is 13.3 Å². The van der Waals surface area contributed by atoms with Crippen LogP contribution in [0.3, 0.4) is 0 Å². The molecule has 0 N–H and O–H groups in total. The Morgan fingerprint density at radius 3 is 1.50 bits per heavy atom. The van der Waals surface area contributed by atoms with E-state index in [9.17, 15) is 9.36 Å². The van der Waals surface area contributed by atoms with Crippen molar-refractivity contribution in [3.05, 3.63) is 59.7 Å². The maximum Gasteiger partial charge on any atom is 0.308 e. The Hall–Kier alpha value is -1.86. The molecule has 104 valence electrons. The van der Waals surface area contributed by atoms with E-state index in [-0.39, 0.29) is 0 Å². The summed E-state index contributed by atoms with van der Waals surface area (Å²) < 4.78 is 18.4. The lowest BCUT2D eigenvalue weighted by molar-refractivity contribution is -0.131. The third-order valence-electron chi connectivity index (χ3n) is 3.00. The lowest BCUT2D eigenvalue weighted by Gasteiger charge is -2.18. The smallest absolute Gasteiger partial charge is 0.308 e. The minimum absolute atomic E-state index is 0.530. The summed E-state index contributed by atoms with van der Waals surface area (Å²) in [5.41, 5.74) is 2.12. The van der Waals surface area contributed by atoms with Gasteiger partial charge in [-0.2, -0.15) is 0 Å². The van der Waals surface area contributed by atoms with Crippen LogP contribution < -0.4 is 10.6 Å². The highest BCUT2D eigenvalue weighted by atomic mass is 31.2. The molecule has 0 radical (unpaired) electrons. The molecule has 0 aliphatic heterocycles. The average molecular weight is 288 g/mol. The van der Waals surface area contributed by atoms with Crippen LogP contribution in [0.15, 0.2) is 48.5 Å². The Balaban J connectivity index is 2.55. The zero-order chi connectivity index (χ0) is 14.8. The summed E-state index contributed by atoms with van der Waals surface area (Å²) in [5.74, 6) is -0.547. The Morgan fingerprint density at radius 2 is 1.20 bits per heavy atom. The minimum Gasteiger partial charge on any atom is -0.405 e. The van der Waals surface area contributed by atoms with Crippen molar-refractivity contribution in [3.63, 3.8) is 0 Å². The molecule has 0 heterocycles. The van der Waals surface area contributed by atoms with E-state index in [0.717, 1.165) is 11.1 Å². The molecule has 0 aromatic heterocycles. The first-order valence-electron chi connectivity index (χ1n) is 6.36. The maximum absolute atomic E-state index is 13.2. The minimum atomic E-state index is -3.37. The Morgan fingerprint density at radius 1 is 0.850 bits per heavy atom. The highest BCUT2D eigenvalue weighted by Gasteiger charge is 2.31. The van der Waals surface area contributed by atoms with Gasteiger partial charge < -0.3 is 4.52 Å². The van der Waals surface area contributed by atoms with Crippen LogP contribution in [0.1, 0.15) is 18.1 Å². The fourth-order valence-electron chi connectivity index (χ4n) is 1.92. The molecule has 0 bridgehead atoms. The molecule has 0 saturated carbocycles. The summed E-state index contributed by atoms with van der Waals surface area (Å²) in [6.45, 7) is 5.17. The average Bonchev–Trinajstić information content (AvgIpc) is 2.39. The van der Waals surface area contributed by atoms with Crippen molar-refractivity contribution in [2.75, 3.05) is 0 Å². The second kappa shape index (κ2) is 5.64. The van der Waals surface area contributed by atoms with Crippen LogP contribution in [0.25, 0.3) is 0 Å². The van der Waals surface area contributed by atoms with Crippen LogP contribution in [0, 0.1) is 13.8 Å². The molecule has 0 aliphatic carbocycles. The first-order chi connectivity index (χ1) is 9.41. The van der Waals surface area contributed by atoms with E-state index in [2.05, 4.69) is 0 Å². The van der Waals surface area contributed by atoms with Crippen LogP contribution in [0.2, 0.25) is 0 Å².